The van der Waals surface area contributed by atoms with Gasteiger partial charge in [-0.15, -0.1) is 17.8 Å². The van der Waals surface area contributed by atoms with E-state index in [9.17, 15) is 9.59 Å². The summed E-state index contributed by atoms with van der Waals surface area (Å²) in [6.45, 7) is 0. The van der Waals surface area contributed by atoms with E-state index in [0.717, 1.165) is 5.56 Å². The summed E-state index contributed by atoms with van der Waals surface area (Å²) in [5.41, 5.74) is 2.68. The monoisotopic (exact) mass is 388 g/mol. The maximum absolute atomic E-state index is 12.5. The molecule has 9 heteroatoms. The third-order valence-corrected chi connectivity index (χ3v) is 4.80. The molecule has 0 radical (unpaired) electrons. The number of hydrogen-bond acceptors (Lipinski definition) is 6. The zero-order chi connectivity index (χ0) is 19.5. The summed E-state index contributed by atoms with van der Waals surface area (Å²) >= 11 is 1.26. The SMILES string of the molecule is C#CC(=O)Nc1cccc(-c2cc(NC(=O)c3cc4nccnc4s3)n[nH]2)c1. The number of amides is 2. The first-order valence-corrected chi connectivity index (χ1v) is 8.89. The van der Waals surface area contributed by atoms with Gasteiger partial charge in [0.2, 0.25) is 0 Å². The van der Waals surface area contributed by atoms with Crippen molar-refractivity contribution in [3.05, 3.63) is 53.7 Å². The fraction of sp³-hybridized carbons (Fsp3) is 0. The van der Waals surface area contributed by atoms with Crippen LogP contribution in [0.1, 0.15) is 9.67 Å². The molecule has 4 aromatic rings. The molecule has 0 saturated carbocycles. The minimum Gasteiger partial charge on any atom is -0.315 e. The number of aromatic nitrogens is 4. The van der Waals surface area contributed by atoms with Gasteiger partial charge in [0, 0.05) is 29.7 Å². The molecule has 28 heavy (non-hydrogen) atoms. The van der Waals surface area contributed by atoms with Crippen molar-refractivity contribution in [1.82, 2.24) is 20.2 Å². The molecule has 136 valence electrons. The number of H-pyrrole nitrogens is 1. The normalized spacial score (nSPS) is 10.4. The van der Waals surface area contributed by atoms with E-state index in [4.69, 9.17) is 6.42 Å². The molecule has 0 aliphatic heterocycles. The van der Waals surface area contributed by atoms with Crippen molar-refractivity contribution < 1.29 is 9.59 Å². The molecular weight excluding hydrogens is 376 g/mol. The number of aromatic amines is 1. The highest BCUT2D eigenvalue weighted by atomic mass is 32.1. The lowest BCUT2D eigenvalue weighted by Gasteiger charge is -2.03. The Kier molecular flexibility index (Phi) is 4.53. The summed E-state index contributed by atoms with van der Waals surface area (Å²) < 4.78 is 0. The molecule has 0 bridgehead atoms. The minimum atomic E-state index is -0.526. The summed E-state index contributed by atoms with van der Waals surface area (Å²) in [6.07, 6.45) is 8.23. The molecular formula is C19H12N6O2S. The third-order valence-electron chi connectivity index (χ3n) is 3.77. The largest absolute Gasteiger partial charge is 0.315 e. The van der Waals surface area contributed by atoms with Crippen LogP contribution in [0.15, 0.2) is 48.8 Å². The first-order valence-electron chi connectivity index (χ1n) is 8.08. The first-order chi connectivity index (χ1) is 13.6. The lowest BCUT2D eigenvalue weighted by Crippen LogP contribution is -2.10. The van der Waals surface area contributed by atoms with Crippen LogP contribution in [0.3, 0.4) is 0 Å². The van der Waals surface area contributed by atoms with Gasteiger partial charge in [-0.3, -0.25) is 19.7 Å². The summed E-state index contributed by atoms with van der Waals surface area (Å²) in [6, 6.07) is 10.5. The van der Waals surface area contributed by atoms with Gasteiger partial charge in [-0.05, 0) is 24.1 Å². The van der Waals surface area contributed by atoms with Crippen molar-refractivity contribution in [2.45, 2.75) is 0 Å². The van der Waals surface area contributed by atoms with E-state index < -0.39 is 5.91 Å². The number of thiophene rings is 1. The van der Waals surface area contributed by atoms with Crippen LogP contribution in [0.4, 0.5) is 11.5 Å². The van der Waals surface area contributed by atoms with Gasteiger partial charge in [0.1, 0.15) is 10.3 Å². The Balaban J connectivity index is 1.51. The Morgan fingerprint density at radius 1 is 1.11 bits per heavy atom. The fourth-order valence-corrected chi connectivity index (χ4v) is 3.38. The lowest BCUT2D eigenvalue weighted by atomic mass is 10.1. The quantitative estimate of drug-likeness (QED) is 0.465. The molecule has 0 saturated heterocycles. The molecule has 3 aromatic heterocycles. The Bertz CT molecular complexity index is 1200. The average Bonchev–Trinajstić information content (AvgIpc) is 3.35. The predicted octanol–water partition coefficient (Wildman–Crippen LogP) is 2.91. The third kappa shape index (κ3) is 3.58. The zero-order valence-electron chi connectivity index (χ0n) is 14.3. The highest BCUT2D eigenvalue weighted by molar-refractivity contribution is 7.20. The molecule has 4 rings (SSSR count). The number of carbonyl (C=O) groups is 2. The van der Waals surface area contributed by atoms with E-state index >= 15 is 0 Å². The van der Waals surface area contributed by atoms with E-state index in [0.29, 0.717) is 32.4 Å². The van der Waals surface area contributed by atoms with Crippen LogP contribution >= 0.6 is 11.3 Å². The second-order valence-electron chi connectivity index (χ2n) is 5.66. The summed E-state index contributed by atoms with van der Waals surface area (Å²) in [5.74, 6) is 1.55. The topological polar surface area (TPSA) is 113 Å². The molecule has 0 atom stereocenters. The van der Waals surface area contributed by atoms with Crippen LogP contribution < -0.4 is 10.6 Å². The van der Waals surface area contributed by atoms with Crippen LogP contribution in [0.25, 0.3) is 21.6 Å². The second-order valence-corrected chi connectivity index (χ2v) is 6.69. The number of hydrogen-bond donors (Lipinski definition) is 3. The molecule has 3 heterocycles. The summed E-state index contributed by atoms with van der Waals surface area (Å²) in [7, 11) is 0. The smallest absolute Gasteiger partial charge is 0.300 e. The maximum Gasteiger partial charge on any atom is 0.300 e. The number of fused-ring (bicyclic) bond motifs is 1. The Hall–Kier alpha value is -4.03. The van der Waals surface area contributed by atoms with Crippen molar-refractivity contribution in [1.29, 1.82) is 0 Å². The van der Waals surface area contributed by atoms with E-state index in [1.807, 2.05) is 12.0 Å². The number of carbonyl (C=O) groups excluding carboxylic acids is 2. The van der Waals surface area contributed by atoms with E-state index in [2.05, 4.69) is 30.8 Å². The van der Waals surface area contributed by atoms with Crippen molar-refractivity contribution in [3.8, 4) is 23.6 Å². The zero-order valence-corrected chi connectivity index (χ0v) is 15.1. The summed E-state index contributed by atoms with van der Waals surface area (Å²) in [5, 5.41) is 12.3. The maximum atomic E-state index is 12.5. The number of rotatable bonds is 4. The lowest BCUT2D eigenvalue weighted by molar-refractivity contribution is -0.111. The summed E-state index contributed by atoms with van der Waals surface area (Å²) in [4.78, 5) is 33.3. The van der Waals surface area contributed by atoms with Crippen LogP contribution in [0, 0.1) is 12.3 Å². The molecule has 3 N–H and O–H groups in total. The van der Waals surface area contributed by atoms with Crippen LogP contribution in [0.5, 0.6) is 0 Å². The Labute approximate surface area is 163 Å². The van der Waals surface area contributed by atoms with E-state index in [1.165, 1.54) is 11.3 Å². The second kappa shape index (κ2) is 7.30. The van der Waals surface area contributed by atoms with Crippen molar-refractivity contribution >= 4 is 45.0 Å². The van der Waals surface area contributed by atoms with Crippen LogP contribution in [0.2, 0.25) is 0 Å². The number of anilines is 2. The van der Waals surface area contributed by atoms with Crippen LogP contribution in [-0.2, 0) is 4.79 Å². The van der Waals surface area contributed by atoms with Crippen molar-refractivity contribution in [2.24, 2.45) is 0 Å². The van der Waals surface area contributed by atoms with Gasteiger partial charge in [0.05, 0.1) is 10.6 Å². The molecule has 0 fully saturated rings. The van der Waals surface area contributed by atoms with Gasteiger partial charge in [-0.1, -0.05) is 12.1 Å². The number of nitrogens with one attached hydrogen (secondary N) is 3. The molecule has 0 aliphatic carbocycles. The van der Waals surface area contributed by atoms with E-state index in [-0.39, 0.29) is 5.91 Å². The molecule has 8 nitrogen and oxygen atoms in total. The highest BCUT2D eigenvalue weighted by Gasteiger charge is 2.14. The van der Waals surface area contributed by atoms with Gasteiger partial charge in [0.25, 0.3) is 11.8 Å². The van der Waals surface area contributed by atoms with Crippen molar-refractivity contribution in [3.63, 3.8) is 0 Å². The average molecular weight is 388 g/mol. The van der Waals surface area contributed by atoms with E-state index in [1.54, 1.807) is 42.7 Å². The van der Waals surface area contributed by atoms with Gasteiger partial charge < -0.3 is 10.6 Å². The van der Waals surface area contributed by atoms with Gasteiger partial charge in [0.15, 0.2) is 5.82 Å². The molecule has 1 aromatic carbocycles. The highest BCUT2D eigenvalue weighted by Crippen LogP contribution is 2.25. The molecule has 0 aliphatic rings. The number of benzene rings is 1. The van der Waals surface area contributed by atoms with Gasteiger partial charge in [-0.2, -0.15) is 5.10 Å². The van der Waals surface area contributed by atoms with Gasteiger partial charge >= 0.3 is 0 Å². The first kappa shape index (κ1) is 17.4. The molecule has 0 unspecified atom stereocenters. The predicted molar refractivity (Wildman–Crippen MR) is 107 cm³/mol. The Morgan fingerprint density at radius 3 is 2.79 bits per heavy atom. The minimum absolute atomic E-state index is 0.294. The van der Waals surface area contributed by atoms with Crippen molar-refractivity contribution in [2.75, 3.05) is 10.6 Å². The number of terminal acetylenes is 1. The molecule has 0 spiro atoms. The standard InChI is InChI=1S/C19H12N6O2S/c1-2-17(26)22-12-5-3-4-11(8-12)13-10-16(25-24-13)23-18(27)15-9-14-19(28-15)21-7-6-20-14/h1,3-10H,(H,22,26)(H2,23,24,25,27). The number of nitrogens with zero attached hydrogens (tertiary/aromatic N) is 3. The van der Waals surface area contributed by atoms with Gasteiger partial charge in [-0.25, -0.2) is 4.98 Å². The molecule has 2 amide bonds. The Morgan fingerprint density at radius 2 is 1.96 bits per heavy atom. The fourth-order valence-electron chi connectivity index (χ4n) is 2.53. The van der Waals surface area contributed by atoms with Crippen LogP contribution in [-0.4, -0.2) is 32.0 Å².